The minimum atomic E-state index is -0.248. The summed E-state index contributed by atoms with van der Waals surface area (Å²) < 4.78 is 0. The van der Waals surface area contributed by atoms with Gasteiger partial charge in [0.25, 0.3) is 5.91 Å². The van der Waals surface area contributed by atoms with E-state index >= 15 is 0 Å². The minimum Gasteiger partial charge on any atom is -0.353 e. The van der Waals surface area contributed by atoms with Crippen molar-refractivity contribution in [2.75, 3.05) is 13.1 Å². The van der Waals surface area contributed by atoms with Gasteiger partial charge in [-0.05, 0) is 30.9 Å². The molecule has 6 heteroatoms. The van der Waals surface area contributed by atoms with Gasteiger partial charge in [-0.2, -0.15) is 0 Å². The molecule has 0 spiro atoms. The Morgan fingerprint density at radius 2 is 1.85 bits per heavy atom. The largest absolute Gasteiger partial charge is 0.353 e. The fraction of sp³-hybridized carbons (Fsp3) is 0.429. The average molecular weight is 298 g/mol. The van der Waals surface area contributed by atoms with Crippen molar-refractivity contribution in [3.8, 4) is 0 Å². The molecule has 1 aliphatic carbocycles. The van der Waals surface area contributed by atoms with E-state index in [1.807, 2.05) is 6.07 Å². The van der Waals surface area contributed by atoms with E-state index in [2.05, 4.69) is 10.6 Å². The molecule has 1 fully saturated rings. The first-order valence-corrected chi connectivity index (χ1v) is 6.52. The monoisotopic (exact) mass is 297 g/mol. The maximum atomic E-state index is 11.7. The molecule has 1 aromatic carbocycles. The van der Waals surface area contributed by atoms with E-state index in [1.165, 1.54) is 0 Å². The van der Waals surface area contributed by atoms with Crippen LogP contribution in [-0.2, 0) is 4.79 Å². The van der Waals surface area contributed by atoms with Crippen LogP contribution in [0.3, 0.4) is 0 Å². The van der Waals surface area contributed by atoms with Crippen LogP contribution in [0.25, 0.3) is 0 Å². The number of amides is 2. The molecule has 1 atom stereocenters. The average Bonchev–Trinajstić information content (AvgIpc) is 3.27. The van der Waals surface area contributed by atoms with Crippen LogP contribution in [0.1, 0.15) is 23.2 Å². The van der Waals surface area contributed by atoms with Crippen molar-refractivity contribution >= 4 is 24.2 Å². The summed E-state index contributed by atoms with van der Waals surface area (Å²) in [5.74, 6) is 0.0989. The van der Waals surface area contributed by atoms with Crippen LogP contribution >= 0.6 is 12.4 Å². The normalized spacial score (nSPS) is 14.8. The number of nitrogens with one attached hydrogen (secondary N) is 2. The Kier molecular flexibility index (Phi) is 6.48. The summed E-state index contributed by atoms with van der Waals surface area (Å²) in [6.07, 6.45) is 2.31. The zero-order valence-corrected chi connectivity index (χ0v) is 12.0. The summed E-state index contributed by atoms with van der Waals surface area (Å²) in [5, 5.41) is 5.31. The summed E-state index contributed by atoms with van der Waals surface area (Å²) in [6.45, 7) is 0.454. The van der Waals surface area contributed by atoms with Gasteiger partial charge in [0.1, 0.15) is 0 Å². The van der Waals surface area contributed by atoms with Gasteiger partial charge in [0.05, 0.1) is 6.54 Å². The van der Waals surface area contributed by atoms with Gasteiger partial charge in [-0.3, -0.25) is 9.59 Å². The number of hydrogen-bond acceptors (Lipinski definition) is 3. The summed E-state index contributed by atoms with van der Waals surface area (Å²) >= 11 is 0. The smallest absolute Gasteiger partial charge is 0.251 e. The van der Waals surface area contributed by atoms with Crippen LogP contribution in [0.15, 0.2) is 30.3 Å². The highest BCUT2D eigenvalue weighted by molar-refractivity contribution is 5.96. The lowest BCUT2D eigenvalue weighted by Crippen LogP contribution is -2.43. The molecule has 1 aliphatic rings. The maximum absolute atomic E-state index is 11.7. The Balaban J connectivity index is 0.00000200. The molecule has 1 unspecified atom stereocenters. The molecule has 1 aromatic rings. The topological polar surface area (TPSA) is 84.2 Å². The van der Waals surface area contributed by atoms with Crippen molar-refractivity contribution in [3.05, 3.63) is 35.9 Å². The molecular formula is C14H20ClN3O2. The maximum Gasteiger partial charge on any atom is 0.251 e. The zero-order chi connectivity index (χ0) is 13.7. The van der Waals surface area contributed by atoms with E-state index in [9.17, 15) is 9.59 Å². The van der Waals surface area contributed by atoms with Gasteiger partial charge in [-0.15, -0.1) is 12.4 Å². The fourth-order valence-electron chi connectivity index (χ4n) is 1.84. The number of benzene rings is 1. The number of carbonyl (C=O) groups excluding carboxylic acids is 2. The van der Waals surface area contributed by atoms with Crippen molar-refractivity contribution < 1.29 is 9.59 Å². The first-order valence-electron chi connectivity index (χ1n) is 6.52. The SMILES string of the molecule is Cl.NC(CNC(=O)CNC(=O)c1ccccc1)C1CC1. The van der Waals surface area contributed by atoms with Crippen LogP contribution in [0.2, 0.25) is 0 Å². The van der Waals surface area contributed by atoms with Crippen molar-refractivity contribution in [1.82, 2.24) is 10.6 Å². The van der Waals surface area contributed by atoms with Crippen molar-refractivity contribution in [3.63, 3.8) is 0 Å². The standard InChI is InChI=1S/C14H19N3O2.ClH/c15-12(10-6-7-10)8-16-13(18)9-17-14(19)11-4-2-1-3-5-11;/h1-5,10,12H,6-9,15H2,(H,16,18)(H,17,19);1H. The molecule has 2 rings (SSSR count). The van der Waals surface area contributed by atoms with Gasteiger partial charge in [-0.1, -0.05) is 18.2 Å². The summed E-state index contributed by atoms with van der Waals surface area (Å²) in [7, 11) is 0. The number of hydrogen-bond donors (Lipinski definition) is 3. The predicted octanol–water partition coefficient (Wildman–Crippen LogP) is 0.692. The molecule has 0 bridgehead atoms. The Morgan fingerprint density at radius 1 is 1.20 bits per heavy atom. The van der Waals surface area contributed by atoms with Crippen LogP contribution in [0.5, 0.6) is 0 Å². The van der Waals surface area contributed by atoms with Crippen LogP contribution in [0, 0.1) is 5.92 Å². The zero-order valence-electron chi connectivity index (χ0n) is 11.2. The third-order valence-corrected chi connectivity index (χ3v) is 3.21. The molecule has 0 aromatic heterocycles. The van der Waals surface area contributed by atoms with E-state index < -0.39 is 0 Å². The summed E-state index contributed by atoms with van der Waals surface area (Å²) in [6, 6.07) is 8.84. The van der Waals surface area contributed by atoms with Gasteiger partial charge in [0, 0.05) is 18.2 Å². The molecule has 0 aliphatic heterocycles. The minimum absolute atomic E-state index is 0. The molecule has 20 heavy (non-hydrogen) atoms. The van der Waals surface area contributed by atoms with Crippen LogP contribution < -0.4 is 16.4 Å². The Bertz CT molecular complexity index is 449. The van der Waals surface area contributed by atoms with E-state index in [1.54, 1.807) is 24.3 Å². The lowest BCUT2D eigenvalue weighted by Gasteiger charge is -2.11. The molecular weight excluding hydrogens is 278 g/mol. The van der Waals surface area contributed by atoms with Gasteiger partial charge < -0.3 is 16.4 Å². The molecule has 4 N–H and O–H groups in total. The number of nitrogens with two attached hydrogens (primary N) is 1. The van der Waals surface area contributed by atoms with E-state index in [-0.39, 0.29) is 36.8 Å². The van der Waals surface area contributed by atoms with E-state index in [4.69, 9.17) is 5.73 Å². The van der Waals surface area contributed by atoms with Crippen molar-refractivity contribution in [2.45, 2.75) is 18.9 Å². The van der Waals surface area contributed by atoms with Gasteiger partial charge in [0.15, 0.2) is 0 Å². The molecule has 5 nitrogen and oxygen atoms in total. The first kappa shape index (κ1) is 16.5. The summed E-state index contributed by atoms with van der Waals surface area (Å²) in [5.41, 5.74) is 6.42. The van der Waals surface area contributed by atoms with Gasteiger partial charge >= 0.3 is 0 Å². The van der Waals surface area contributed by atoms with Gasteiger partial charge in [0.2, 0.25) is 5.91 Å². The molecule has 110 valence electrons. The van der Waals surface area contributed by atoms with Crippen LogP contribution in [-0.4, -0.2) is 30.9 Å². The third-order valence-electron chi connectivity index (χ3n) is 3.21. The Morgan fingerprint density at radius 3 is 2.45 bits per heavy atom. The molecule has 2 amide bonds. The Hall–Kier alpha value is -1.59. The second kappa shape index (κ2) is 7.87. The van der Waals surface area contributed by atoms with E-state index in [0.717, 1.165) is 12.8 Å². The summed E-state index contributed by atoms with van der Waals surface area (Å²) in [4.78, 5) is 23.2. The lowest BCUT2D eigenvalue weighted by molar-refractivity contribution is -0.120. The second-order valence-electron chi connectivity index (χ2n) is 4.85. The van der Waals surface area contributed by atoms with Gasteiger partial charge in [-0.25, -0.2) is 0 Å². The van der Waals surface area contributed by atoms with Crippen LogP contribution in [0.4, 0.5) is 0 Å². The quantitative estimate of drug-likeness (QED) is 0.722. The number of halogens is 1. The predicted molar refractivity (Wildman–Crippen MR) is 79.7 cm³/mol. The van der Waals surface area contributed by atoms with Crippen molar-refractivity contribution in [1.29, 1.82) is 0 Å². The third kappa shape index (κ3) is 5.19. The Labute approximate surface area is 124 Å². The highest BCUT2D eigenvalue weighted by Crippen LogP contribution is 2.31. The fourth-order valence-corrected chi connectivity index (χ4v) is 1.84. The highest BCUT2D eigenvalue weighted by atomic mass is 35.5. The lowest BCUT2D eigenvalue weighted by atomic mass is 10.2. The van der Waals surface area contributed by atoms with E-state index in [0.29, 0.717) is 18.0 Å². The second-order valence-corrected chi connectivity index (χ2v) is 4.85. The molecule has 0 heterocycles. The molecule has 0 saturated heterocycles. The number of rotatable bonds is 6. The number of carbonyl (C=O) groups is 2. The molecule has 1 saturated carbocycles. The highest BCUT2D eigenvalue weighted by Gasteiger charge is 2.28. The van der Waals surface area contributed by atoms with Crippen molar-refractivity contribution in [2.24, 2.45) is 11.7 Å². The first-order chi connectivity index (χ1) is 9.16. The molecule has 0 radical (unpaired) electrons.